The molecule has 10 heteroatoms. The maximum Gasteiger partial charge on any atom is 0.264 e. The number of hydrogen-bond acceptors (Lipinski definition) is 5. The minimum Gasteiger partial charge on any atom is -0.497 e. The Morgan fingerprint density at radius 1 is 1.02 bits per heavy atom. The number of aliphatic hydroxyl groups is 1. The third-order valence-electron chi connectivity index (χ3n) is 10.3. The third-order valence-corrected chi connectivity index (χ3v) is 15.6. The highest BCUT2D eigenvalue weighted by Gasteiger charge is 2.66. The zero-order valence-corrected chi connectivity index (χ0v) is 32.1. The van der Waals surface area contributed by atoms with Crippen molar-refractivity contribution >= 4 is 65.0 Å². The van der Waals surface area contributed by atoms with Gasteiger partial charge in [-0.25, -0.2) is 0 Å². The summed E-state index contributed by atoms with van der Waals surface area (Å²) in [4.78, 5) is 32.8. The molecule has 0 aromatic heterocycles. The van der Waals surface area contributed by atoms with Crippen molar-refractivity contribution in [3.05, 3.63) is 122 Å². The Bertz CT molecular complexity index is 1820. The molecule has 2 heterocycles. The van der Waals surface area contributed by atoms with Gasteiger partial charge in [0.05, 0.1) is 46.5 Å². The summed E-state index contributed by atoms with van der Waals surface area (Å²) in [6, 6.07) is 31.7. The minimum absolute atomic E-state index is 0.0796. The zero-order chi connectivity index (χ0) is 34.9. The van der Waals surface area contributed by atoms with Crippen molar-refractivity contribution in [1.82, 2.24) is 4.90 Å². The lowest BCUT2D eigenvalue weighted by molar-refractivity contribution is -0.150. The summed E-state index contributed by atoms with van der Waals surface area (Å²) in [6.45, 7) is 7.51. The predicted octanol–water partition coefficient (Wildman–Crippen LogP) is 7.13. The number of anilines is 1. The second-order valence-corrected chi connectivity index (χ2v) is 19.9. The SMILES string of the molecule is COc1ccc([Si](C)(C)[C@@H]2[C@@H](CC(=O)N(CCO)Cc3ccccc3)O[C@]3(C(=O)N(Cc4cccc(I)c4)c4ccc(Cl)cc43)[C@H]2C)cc1. The zero-order valence-electron chi connectivity index (χ0n) is 28.2. The van der Waals surface area contributed by atoms with Gasteiger partial charge in [-0.3, -0.25) is 9.59 Å². The van der Waals surface area contributed by atoms with Gasteiger partial charge in [-0.1, -0.05) is 91.4 Å². The molecule has 256 valence electrons. The van der Waals surface area contributed by atoms with Gasteiger partial charge >= 0.3 is 0 Å². The van der Waals surface area contributed by atoms with Crippen LogP contribution in [0, 0.1) is 9.49 Å². The van der Waals surface area contributed by atoms with E-state index in [9.17, 15) is 9.90 Å². The largest absolute Gasteiger partial charge is 0.497 e. The molecule has 4 aromatic carbocycles. The Morgan fingerprint density at radius 2 is 1.73 bits per heavy atom. The van der Waals surface area contributed by atoms with E-state index in [-0.39, 0.29) is 42.8 Å². The van der Waals surface area contributed by atoms with Crippen LogP contribution in [-0.4, -0.2) is 56.3 Å². The molecule has 0 saturated carbocycles. The van der Waals surface area contributed by atoms with E-state index in [1.165, 1.54) is 5.19 Å². The summed E-state index contributed by atoms with van der Waals surface area (Å²) in [5.74, 6) is 0.241. The molecule has 4 aromatic rings. The first-order chi connectivity index (χ1) is 23.5. The van der Waals surface area contributed by atoms with E-state index in [1.54, 1.807) is 12.0 Å². The van der Waals surface area contributed by atoms with E-state index >= 15 is 4.79 Å². The average molecular weight is 809 g/mol. The lowest BCUT2D eigenvalue weighted by Gasteiger charge is -2.37. The van der Waals surface area contributed by atoms with Crippen LogP contribution < -0.4 is 14.8 Å². The number of carbonyl (C=O) groups excluding carboxylic acids is 2. The molecule has 1 fully saturated rings. The molecule has 0 bridgehead atoms. The molecule has 0 aliphatic carbocycles. The summed E-state index contributed by atoms with van der Waals surface area (Å²) in [7, 11) is -0.817. The second kappa shape index (κ2) is 14.6. The normalized spacial score (nSPS) is 21.7. The van der Waals surface area contributed by atoms with Crippen molar-refractivity contribution in [3.8, 4) is 5.75 Å². The van der Waals surface area contributed by atoms with Gasteiger partial charge in [0.2, 0.25) is 5.91 Å². The smallest absolute Gasteiger partial charge is 0.264 e. The maximum absolute atomic E-state index is 15.0. The maximum atomic E-state index is 15.0. The average Bonchev–Trinajstić information content (AvgIpc) is 3.51. The first kappa shape index (κ1) is 35.6. The van der Waals surface area contributed by atoms with E-state index in [1.807, 2.05) is 83.8 Å². The van der Waals surface area contributed by atoms with Gasteiger partial charge in [0.25, 0.3) is 5.91 Å². The number of amides is 2. The lowest BCUT2D eigenvalue weighted by Crippen LogP contribution is -2.52. The van der Waals surface area contributed by atoms with Crippen LogP contribution in [0.5, 0.6) is 5.75 Å². The molecule has 1 saturated heterocycles. The van der Waals surface area contributed by atoms with Crippen molar-refractivity contribution in [1.29, 1.82) is 0 Å². The first-order valence-electron chi connectivity index (χ1n) is 16.6. The first-order valence-corrected chi connectivity index (χ1v) is 21.1. The summed E-state index contributed by atoms with van der Waals surface area (Å²) >= 11 is 8.95. The third kappa shape index (κ3) is 6.80. The van der Waals surface area contributed by atoms with Crippen LogP contribution in [0.25, 0.3) is 0 Å². The molecule has 2 amide bonds. The number of halogens is 2. The highest BCUT2D eigenvalue weighted by molar-refractivity contribution is 14.1. The number of carbonyl (C=O) groups is 2. The van der Waals surface area contributed by atoms with Crippen LogP contribution in [0.2, 0.25) is 23.7 Å². The highest BCUT2D eigenvalue weighted by Crippen LogP contribution is 2.60. The molecule has 49 heavy (non-hydrogen) atoms. The van der Waals surface area contributed by atoms with Gasteiger partial charge in [-0.05, 0) is 81.7 Å². The quantitative estimate of drug-likeness (QED) is 0.129. The Kier molecular flexibility index (Phi) is 10.6. The van der Waals surface area contributed by atoms with Gasteiger partial charge in [-0.15, -0.1) is 0 Å². The van der Waals surface area contributed by atoms with E-state index in [0.717, 1.165) is 31.7 Å². The number of benzene rings is 4. The van der Waals surface area contributed by atoms with Gasteiger partial charge in [0.1, 0.15) is 5.75 Å². The van der Waals surface area contributed by atoms with Gasteiger partial charge in [0, 0.05) is 33.2 Å². The monoisotopic (exact) mass is 808 g/mol. The Morgan fingerprint density at radius 3 is 2.41 bits per heavy atom. The second-order valence-electron chi connectivity index (χ2n) is 13.6. The van der Waals surface area contributed by atoms with E-state index in [4.69, 9.17) is 21.1 Å². The number of methoxy groups -OCH3 is 1. The number of nitrogens with zero attached hydrogens (tertiary/aromatic N) is 2. The topological polar surface area (TPSA) is 79.3 Å². The Hall–Kier alpha value is -3.22. The molecule has 2 aliphatic rings. The van der Waals surface area contributed by atoms with Gasteiger partial charge in [0.15, 0.2) is 5.60 Å². The minimum atomic E-state index is -2.47. The molecule has 7 nitrogen and oxygen atoms in total. The van der Waals surface area contributed by atoms with Gasteiger partial charge in [-0.2, -0.15) is 0 Å². The van der Waals surface area contributed by atoms with E-state index < -0.39 is 19.8 Å². The van der Waals surface area contributed by atoms with Crippen molar-refractivity contribution < 1.29 is 24.2 Å². The van der Waals surface area contributed by atoms with E-state index in [2.05, 4.69) is 60.8 Å². The van der Waals surface area contributed by atoms with Crippen LogP contribution in [0.15, 0.2) is 97.1 Å². The van der Waals surface area contributed by atoms with Crippen LogP contribution in [-0.2, 0) is 33.0 Å². The van der Waals surface area contributed by atoms with Crippen LogP contribution in [0.1, 0.15) is 30.0 Å². The van der Waals surface area contributed by atoms with E-state index in [0.29, 0.717) is 18.1 Å². The Labute approximate surface area is 308 Å². The van der Waals surface area contributed by atoms with Crippen molar-refractivity contribution in [2.75, 3.05) is 25.2 Å². The van der Waals surface area contributed by atoms with Gasteiger partial charge < -0.3 is 24.4 Å². The van der Waals surface area contributed by atoms with Crippen LogP contribution >= 0.6 is 34.2 Å². The molecule has 2 aliphatic heterocycles. The Balaban J connectivity index is 1.43. The molecular formula is C39H42ClIN2O5Si. The fourth-order valence-corrected chi connectivity index (χ4v) is 12.8. The standard InChI is InChI=1S/C39H42ClIN2O5Si/c1-26-37(49(3,4)32-16-14-31(47-2)15-17-32)35(23-36(45)42(19-20-44)24-27-9-6-5-7-10-27)48-39(26)33-22-29(40)13-18-34(33)43(38(39)46)25-28-11-8-12-30(41)21-28/h5-18,21-22,26,35,37,44H,19-20,23-25H2,1-4H3/t26-,35+,37-,39+/m0/s1. The predicted molar refractivity (Wildman–Crippen MR) is 205 cm³/mol. The number of aliphatic hydroxyl groups excluding tert-OH is 1. The molecule has 1 N–H and O–H groups in total. The summed E-state index contributed by atoms with van der Waals surface area (Å²) < 4.78 is 13.7. The molecule has 6 rings (SSSR count). The highest BCUT2D eigenvalue weighted by atomic mass is 127. The molecule has 0 unspecified atom stereocenters. The number of ether oxygens (including phenoxy) is 2. The van der Waals surface area contributed by atoms with Crippen LogP contribution in [0.3, 0.4) is 0 Å². The van der Waals surface area contributed by atoms with Crippen molar-refractivity contribution in [2.24, 2.45) is 5.92 Å². The number of fused-ring (bicyclic) bond motifs is 2. The fraction of sp³-hybridized carbons (Fsp3) is 0.333. The summed E-state index contributed by atoms with van der Waals surface area (Å²) in [5, 5.41) is 11.7. The van der Waals surface area contributed by atoms with Crippen LogP contribution in [0.4, 0.5) is 5.69 Å². The molecule has 0 radical (unpaired) electrons. The number of hydrogen-bond donors (Lipinski definition) is 1. The van der Waals surface area contributed by atoms with Crippen molar-refractivity contribution in [2.45, 2.75) is 56.8 Å². The molecule has 1 spiro atoms. The summed E-state index contributed by atoms with van der Waals surface area (Å²) in [5.41, 5.74) is 2.08. The van der Waals surface area contributed by atoms with Crippen molar-refractivity contribution in [3.63, 3.8) is 0 Å². The fourth-order valence-electron chi connectivity index (χ4n) is 7.98. The number of rotatable bonds is 11. The lowest BCUT2D eigenvalue weighted by atomic mass is 9.82. The summed E-state index contributed by atoms with van der Waals surface area (Å²) in [6.07, 6.45) is -0.479. The molecule has 4 atom stereocenters. The molecular weight excluding hydrogens is 767 g/mol.